The molecular formula is C14H12N6O3S. The molecule has 122 valence electrons. The zero-order valence-electron chi connectivity index (χ0n) is 12.3. The summed E-state index contributed by atoms with van der Waals surface area (Å²) in [6, 6.07) is 4.27. The fourth-order valence-corrected chi connectivity index (χ4v) is 2.72. The Morgan fingerprint density at radius 2 is 2.33 bits per heavy atom. The van der Waals surface area contributed by atoms with E-state index < -0.39 is 4.92 Å². The SMILES string of the molecule is C=CCNc1ncc(C(=O)Nc2n[nH]c3ccc([N+](=O)[O-])cc23)s1. The van der Waals surface area contributed by atoms with Crippen molar-refractivity contribution in [3.63, 3.8) is 0 Å². The number of thiazole rings is 1. The van der Waals surface area contributed by atoms with Gasteiger partial charge in [0.2, 0.25) is 0 Å². The van der Waals surface area contributed by atoms with Gasteiger partial charge in [-0.3, -0.25) is 20.0 Å². The van der Waals surface area contributed by atoms with Gasteiger partial charge >= 0.3 is 0 Å². The topological polar surface area (TPSA) is 126 Å². The average molecular weight is 344 g/mol. The van der Waals surface area contributed by atoms with E-state index in [1.807, 2.05) is 0 Å². The lowest BCUT2D eigenvalue weighted by atomic mass is 10.2. The number of carbonyl (C=O) groups is 1. The molecule has 0 radical (unpaired) electrons. The van der Waals surface area contributed by atoms with Gasteiger partial charge in [0.25, 0.3) is 11.6 Å². The highest BCUT2D eigenvalue weighted by atomic mass is 32.1. The third-order valence-corrected chi connectivity index (χ3v) is 4.07. The third-order valence-electron chi connectivity index (χ3n) is 3.12. The van der Waals surface area contributed by atoms with Crippen LogP contribution in [-0.2, 0) is 0 Å². The van der Waals surface area contributed by atoms with E-state index in [0.29, 0.717) is 27.5 Å². The quantitative estimate of drug-likeness (QED) is 0.358. The molecule has 3 N–H and O–H groups in total. The fraction of sp³-hybridized carbons (Fsp3) is 0.0714. The zero-order valence-corrected chi connectivity index (χ0v) is 13.1. The van der Waals surface area contributed by atoms with Gasteiger partial charge in [-0.2, -0.15) is 5.10 Å². The number of carbonyl (C=O) groups excluding carboxylic acids is 1. The minimum Gasteiger partial charge on any atom is -0.358 e. The molecule has 24 heavy (non-hydrogen) atoms. The van der Waals surface area contributed by atoms with E-state index in [1.54, 1.807) is 12.1 Å². The number of nitro groups is 1. The molecule has 0 bridgehead atoms. The summed E-state index contributed by atoms with van der Waals surface area (Å²) in [4.78, 5) is 27.1. The number of nitrogens with zero attached hydrogens (tertiary/aromatic N) is 3. The van der Waals surface area contributed by atoms with Crippen LogP contribution in [-0.4, -0.2) is 32.6 Å². The van der Waals surface area contributed by atoms with Crippen molar-refractivity contribution in [2.24, 2.45) is 0 Å². The molecular weight excluding hydrogens is 332 g/mol. The van der Waals surface area contributed by atoms with Crippen molar-refractivity contribution in [3.05, 3.63) is 52.0 Å². The molecule has 0 aliphatic carbocycles. The number of rotatable bonds is 6. The van der Waals surface area contributed by atoms with Crippen LogP contribution in [0, 0.1) is 10.1 Å². The van der Waals surface area contributed by atoms with E-state index in [1.165, 1.54) is 29.7 Å². The zero-order chi connectivity index (χ0) is 17.1. The molecule has 3 rings (SSSR count). The number of nitro benzene ring substituents is 1. The first-order valence-corrected chi connectivity index (χ1v) is 7.64. The second kappa shape index (κ2) is 6.46. The number of fused-ring (bicyclic) bond motifs is 1. The van der Waals surface area contributed by atoms with Crippen molar-refractivity contribution in [2.75, 3.05) is 17.2 Å². The lowest BCUT2D eigenvalue weighted by molar-refractivity contribution is -0.384. The molecule has 0 atom stereocenters. The molecule has 0 saturated carbocycles. The molecule has 2 heterocycles. The van der Waals surface area contributed by atoms with Crippen molar-refractivity contribution < 1.29 is 9.72 Å². The largest absolute Gasteiger partial charge is 0.358 e. The fourth-order valence-electron chi connectivity index (χ4n) is 2.00. The van der Waals surface area contributed by atoms with E-state index in [9.17, 15) is 14.9 Å². The molecule has 9 nitrogen and oxygen atoms in total. The summed E-state index contributed by atoms with van der Waals surface area (Å²) in [5, 5.41) is 24.3. The van der Waals surface area contributed by atoms with Gasteiger partial charge in [-0.25, -0.2) is 4.98 Å². The second-order valence-corrected chi connectivity index (χ2v) is 5.74. The van der Waals surface area contributed by atoms with Gasteiger partial charge in [-0.15, -0.1) is 6.58 Å². The molecule has 10 heteroatoms. The molecule has 0 saturated heterocycles. The predicted molar refractivity (Wildman–Crippen MR) is 91.5 cm³/mol. The van der Waals surface area contributed by atoms with Crippen molar-refractivity contribution in [3.8, 4) is 0 Å². The van der Waals surface area contributed by atoms with Gasteiger partial charge in [0, 0.05) is 18.7 Å². The Morgan fingerprint density at radius 1 is 1.50 bits per heavy atom. The van der Waals surface area contributed by atoms with Crippen LogP contribution in [0.1, 0.15) is 9.67 Å². The summed E-state index contributed by atoms with van der Waals surface area (Å²) in [7, 11) is 0. The van der Waals surface area contributed by atoms with Gasteiger partial charge in [-0.05, 0) is 6.07 Å². The van der Waals surface area contributed by atoms with Crippen molar-refractivity contribution in [2.45, 2.75) is 0 Å². The maximum absolute atomic E-state index is 12.3. The average Bonchev–Trinajstić information content (AvgIpc) is 3.20. The molecule has 0 aliphatic heterocycles. The molecule has 0 fully saturated rings. The van der Waals surface area contributed by atoms with E-state index in [0.717, 1.165) is 0 Å². The second-order valence-electron chi connectivity index (χ2n) is 4.71. The Morgan fingerprint density at radius 3 is 3.08 bits per heavy atom. The number of benzene rings is 1. The van der Waals surface area contributed by atoms with Crippen LogP contribution >= 0.6 is 11.3 Å². The van der Waals surface area contributed by atoms with E-state index >= 15 is 0 Å². The summed E-state index contributed by atoms with van der Waals surface area (Å²) >= 11 is 1.19. The maximum atomic E-state index is 12.3. The van der Waals surface area contributed by atoms with Crippen LogP contribution < -0.4 is 10.6 Å². The van der Waals surface area contributed by atoms with Crippen LogP contribution in [0.25, 0.3) is 10.9 Å². The Kier molecular flexibility index (Phi) is 4.20. The van der Waals surface area contributed by atoms with Crippen molar-refractivity contribution in [1.29, 1.82) is 0 Å². The number of H-pyrrole nitrogens is 1. The summed E-state index contributed by atoms with van der Waals surface area (Å²) in [6.07, 6.45) is 3.13. The summed E-state index contributed by atoms with van der Waals surface area (Å²) in [6.45, 7) is 4.14. The molecule has 0 aliphatic rings. The van der Waals surface area contributed by atoms with Gasteiger partial charge in [0.1, 0.15) is 4.88 Å². The highest BCUT2D eigenvalue weighted by Gasteiger charge is 2.16. The molecule has 0 unspecified atom stereocenters. The first kappa shape index (κ1) is 15.6. The Hall–Kier alpha value is -3.27. The van der Waals surface area contributed by atoms with Gasteiger partial charge in [-0.1, -0.05) is 17.4 Å². The number of aromatic amines is 1. The lowest BCUT2D eigenvalue weighted by Gasteiger charge is -2.00. The number of hydrogen-bond donors (Lipinski definition) is 3. The predicted octanol–water partition coefficient (Wildman–Crippen LogP) is 2.78. The normalized spacial score (nSPS) is 10.5. The highest BCUT2D eigenvalue weighted by molar-refractivity contribution is 7.17. The summed E-state index contributed by atoms with van der Waals surface area (Å²) < 4.78 is 0. The van der Waals surface area contributed by atoms with E-state index in [2.05, 4.69) is 32.4 Å². The smallest absolute Gasteiger partial charge is 0.270 e. The minimum absolute atomic E-state index is 0.0758. The first-order chi connectivity index (χ1) is 11.6. The minimum atomic E-state index is -0.501. The molecule has 1 amide bonds. The number of non-ortho nitro benzene ring substituents is 1. The van der Waals surface area contributed by atoms with E-state index in [4.69, 9.17) is 0 Å². The number of hydrogen-bond acceptors (Lipinski definition) is 7. The summed E-state index contributed by atoms with van der Waals surface area (Å²) in [5.41, 5.74) is 0.515. The first-order valence-electron chi connectivity index (χ1n) is 6.83. The number of amides is 1. The van der Waals surface area contributed by atoms with Crippen molar-refractivity contribution >= 4 is 44.8 Å². The van der Waals surface area contributed by atoms with Crippen LogP contribution in [0.3, 0.4) is 0 Å². The number of aromatic nitrogens is 3. The molecule has 1 aromatic carbocycles. The summed E-state index contributed by atoms with van der Waals surface area (Å²) in [5.74, 6) is -0.160. The van der Waals surface area contributed by atoms with Crippen LogP contribution in [0.2, 0.25) is 0 Å². The standard InChI is InChI=1S/C14H12N6O3S/c1-2-5-15-14-16-7-11(24-14)13(21)17-12-9-6-8(20(22)23)3-4-10(9)18-19-12/h2-4,6-7H,1,5H2,(H,15,16)(H2,17,18,19,21). The van der Waals surface area contributed by atoms with Gasteiger partial charge < -0.3 is 10.6 Å². The number of anilines is 2. The highest BCUT2D eigenvalue weighted by Crippen LogP contribution is 2.26. The molecule has 0 spiro atoms. The van der Waals surface area contributed by atoms with Gasteiger partial charge in [0.05, 0.1) is 22.0 Å². The Balaban J connectivity index is 1.82. The van der Waals surface area contributed by atoms with Gasteiger partial charge in [0.15, 0.2) is 10.9 Å². The number of nitrogens with one attached hydrogen (secondary N) is 3. The van der Waals surface area contributed by atoms with Crippen LogP contribution in [0.4, 0.5) is 16.6 Å². The van der Waals surface area contributed by atoms with Crippen LogP contribution in [0.15, 0.2) is 37.1 Å². The maximum Gasteiger partial charge on any atom is 0.270 e. The Labute approximate surface area is 139 Å². The Bertz CT molecular complexity index is 932. The van der Waals surface area contributed by atoms with Crippen LogP contribution in [0.5, 0.6) is 0 Å². The molecule has 3 aromatic rings. The lowest BCUT2D eigenvalue weighted by Crippen LogP contribution is -2.10. The van der Waals surface area contributed by atoms with Crippen molar-refractivity contribution in [1.82, 2.24) is 15.2 Å². The monoisotopic (exact) mass is 344 g/mol. The van der Waals surface area contributed by atoms with E-state index in [-0.39, 0.29) is 17.4 Å². The third kappa shape index (κ3) is 3.08. The molecule has 2 aromatic heterocycles.